The Balaban J connectivity index is 1.90. The van der Waals surface area contributed by atoms with Crippen molar-refractivity contribution in [1.29, 1.82) is 0 Å². The molecule has 12 heavy (non-hydrogen) atoms. The van der Waals surface area contributed by atoms with Gasteiger partial charge in [-0.1, -0.05) is 0 Å². The summed E-state index contributed by atoms with van der Waals surface area (Å²) in [4.78, 5) is 0. The van der Waals surface area contributed by atoms with Crippen LogP contribution in [0.15, 0.2) is 0 Å². The lowest BCUT2D eigenvalue weighted by molar-refractivity contribution is 0.0250. The van der Waals surface area contributed by atoms with Gasteiger partial charge in [0.1, 0.15) is 0 Å². The van der Waals surface area contributed by atoms with E-state index in [0.717, 1.165) is 23.7 Å². The van der Waals surface area contributed by atoms with E-state index in [1.54, 1.807) is 0 Å². The van der Waals surface area contributed by atoms with E-state index in [2.05, 4.69) is 0 Å². The Kier molecular flexibility index (Phi) is 1.59. The Hall–Kier alpha value is 0.100. The highest BCUT2D eigenvalue weighted by atomic mass is 31.1. The Morgan fingerprint density at radius 1 is 0.833 bits per heavy atom. The first-order chi connectivity index (χ1) is 5.86. The van der Waals surface area contributed by atoms with Crippen molar-refractivity contribution >= 4 is 8.46 Å². The van der Waals surface area contributed by atoms with E-state index in [1.807, 2.05) is 0 Å². The number of hydrogen-bond donors (Lipinski definition) is 0. The van der Waals surface area contributed by atoms with Gasteiger partial charge in [-0.05, 0) is 55.8 Å². The molecule has 4 rings (SSSR count). The summed E-state index contributed by atoms with van der Waals surface area (Å²) in [6.45, 7) is 0. The molecule has 0 saturated heterocycles. The van der Waals surface area contributed by atoms with E-state index < -0.39 is 0 Å². The minimum Gasteiger partial charge on any atom is -0.275 e. The summed E-state index contributed by atoms with van der Waals surface area (Å²) in [7, 11) is 0.448. The van der Waals surface area contributed by atoms with Crippen LogP contribution in [0, 0.1) is 23.7 Å². The van der Waals surface area contributed by atoms with Gasteiger partial charge < -0.3 is 0 Å². The van der Waals surface area contributed by atoms with Crippen molar-refractivity contribution in [3.8, 4) is 0 Å². The lowest BCUT2D eigenvalue weighted by Crippen LogP contribution is -2.45. The van der Waals surface area contributed by atoms with Gasteiger partial charge in [0.15, 0.2) is 8.46 Å². The van der Waals surface area contributed by atoms with E-state index in [4.69, 9.17) is 0 Å². The van der Waals surface area contributed by atoms with Crippen molar-refractivity contribution in [2.75, 3.05) is 0 Å². The first kappa shape index (κ1) is 7.50. The largest absolute Gasteiger partial charge is 0.275 e. The summed E-state index contributed by atoms with van der Waals surface area (Å²) in [6, 6.07) is 0. The van der Waals surface area contributed by atoms with Crippen LogP contribution in [0.3, 0.4) is 0 Å². The molecule has 0 heterocycles. The molecule has 4 aliphatic carbocycles. The van der Waals surface area contributed by atoms with Crippen molar-refractivity contribution in [2.45, 2.75) is 37.8 Å². The second kappa shape index (κ2) is 2.54. The van der Waals surface area contributed by atoms with Crippen LogP contribution in [0.1, 0.15) is 32.1 Å². The normalized spacial score (nSPS) is 56.5. The van der Waals surface area contributed by atoms with Crippen LogP contribution in [0.25, 0.3) is 0 Å². The van der Waals surface area contributed by atoms with E-state index in [9.17, 15) is 4.57 Å². The van der Waals surface area contributed by atoms with E-state index in [0.29, 0.717) is 14.1 Å². The first-order valence-electron chi connectivity index (χ1n) is 5.19. The van der Waals surface area contributed by atoms with Crippen LogP contribution in [0.5, 0.6) is 0 Å². The second-order valence-corrected chi connectivity index (χ2v) is 5.83. The zero-order valence-corrected chi connectivity index (χ0v) is 8.17. The molecule has 66 valence electrons. The molecular formula is C10H15OP. The Morgan fingerprint density at radius 2 is 1.33 bits per heavy atom. The van der Waals surface area contributed by atoms with Gasteiger partial charge in [0.25, 0.3) is 0 Å². The molecule has 0 aromatic carbocycles. The fraction of sp³-hybridized carbons (Fsp3) is 1.00. The lowest BCUT2D eigenvalue weighted by atomic mass is 9.56. The fourth-order valence-corrected chi connectivity index (χ4v) is 4.90. The van der Waals surface area contributed by atoms with Gasteiger partial charge in [0, 0.05) is 5.66 Å². The van der Waals surface area contributed by atoms with Crippen LogP contribution in [-0.2, 0) is 4.57 Å². The Labute approximate surface area is 75.1 Å². The average molecular weight is 182 g/mol. The van der Waals surface area contributed by atoms with Crippen LogP contribution < -0.4 is 0 Å². The quantitative estimate of drug-likeness (QED) is 0.569. The summed E-state index contributed by atoms with van der Waals surface area (Å²) in [5.41, 5.74) is 0.554. The summed E-state index contributed by atoms with van der Waals surface area (Å²) < 4.78 is 11.0. The van der Waals surface area contributed by atoms with Crippen LogP contribution in [0.4, 0.5) is 0 Å². The van der Waals surface area contributed by atoms with Gasteiger partial charge >= 0.3 is 0 Å². The van der Waals surface area contributed by atoms with Crippen molar-refractivity contribution in [3.05, 3.63) is 0 Å². The summed E-state index contributed by atoms with van der Waals surface area (Å²) in [5.74, 6) is 3.71. The van der Waals surface area contributed by atoms with Crippen molar-refractivity contribution < 1.29 is 4.57 Å². The minimum atomic E-state index is 0.448. The summed E-state index contributed by atoms with van der Waals surface area (Å²) >= 11 is 0. The van der Waals surface area contributed by atoms with Gasteiger partial charge in [-0.25, -0.2) is 0 Å². The minimum absolute atomic E-state index is 0.448. The van der Waals surface area contributed by atoms with Crippen molar-refractivity contribution in [1.82, 2.24) is 0 Å². The molecule has 4 aliphatic rings. The van der Waals surface area contributed by atoms with E-state index in [1.165, 1.54) is 32.1 Å². The highest BCUT2D eigenvalue weighted by Crippen LogP contribution is 2.56. The second-order valence-electron chi connectivity index (χ2n) is 5.03. The molecule has 0 N–H and O–H groups in total. The standard InChI is InChI=1S/C10H15OP/c11-12-10-8-2-6-1-7(4-8)5-9(10)3-6/h6-10H,1-5H2. The smallest absolute Gasteiger partial charge is 0.159 e. The number of hydrogen-bond acceptors (Lipinski definition) is 1. The van der Waals surface area contributed by atoms with E-state index in [-0.39, 0.29) is 0 Å². The molecule has 4 bridgehead atoms. The van der Waals surface area contributed by atoms with Crippen molar-refractivity contribution in [3.63, 3.8) is 0 Å². The number of rotatable bonds is 1. The van der Waals surface area contributed by atoms with Crippen LogP contribution >= 0.6 is 8.46 Å². The zero-order chi connectivity index (χ0) is 8.13. The molecule has 0 aliphatic heterocycles. The third kappa shape index (κ3) is 0.923. The summed E-state index contributed by atoms with van der Waals surface area (Å²) in [6.07, 6.45) is 7.08. The molecule has 0 atom stereocenters. The SMILES string of the molecule is O=PC1C2CC3CC(C2)CC1C3. The van der Waals surface area contributed by atoms with Crippen LogP contribution in [-0.4, -0.2) is 5.66 Å². The maximum Gasteiger partial charge on any atom is 0.159 e. The van der Waals surface area contributed by atoms with Gasteiger partial charge in [-0.2, -0.15) is 0 Å². The highest BCUT2D eigenvalue weighted by molar-refractivity contribution is 7.24. The molecular weight excluding hydrogens is 167 g/mol. The predicted molar refractivity (Wildman–Crippen MR) is 48.4 cm³/mol. The Bertz CT molecular complexity index is 186. The molecule has 0 unspecified atom stereocenters. The van der Waals surface area contributed by atoms with Crippen molar-refractivity contribution in [2.24, 2.45) is 23.7 Å². The molecule has 1 nitrogen and oxygen atoms in total. The monoisotopic (exact) mass is 182 g/mol. The van der Waals surface area contributed by atoms with Gasteiger partial charge in [0.2, 0.25) is 0 Å². The molecule has 4 fully saturated rings. The molecule has 0 radical (unpaired) electrons. The van der Waals surface area contributed by atoms with Gasteiger partial charge in [0.05, 0.1) is 0 Å². The third-order valence-electron chi connectivity index (χ3n) is 4.30. The predicted octanol–water partition coefficient (Wildman–Crippen LogP) is 3.10. The van der Waals surface area contributed by atoms with Gasteiger partial charge in [-0.15, -0.1) is 0 Å². The molecule has 4 saturated carbocycles. The van der Waals surface area contributed by atoms with E-state index >= 15 is 0 Å². The molecule has 0 aromatic rings. The lowest BCUT2D eigenvalue weighted by Gasteiger charge is -2.52. The maximum absolute atomic E-state index is 11.0. The Morgan fingerprint density at radius 3 is 1.75 bits per heavy atom. The first-order valence-corrected chi connectivity index (χ1v) is 6.07. The highest BCUT2D eigenvalue weighted by Gasteiger charge is 2.48. The topological polar surface area (TPSA) is 17.1 Å². The zero-order valence-electron chi connectivity index (χ0n) is 7.28. The van der Waals surface area contributed by atoms with Crippen LogP contribution in [0.2, 0.25) is 0 Å². The van der Waals surface area contributed by atoms with Gasteiger partial charge in [-0.3, -0.25) is 4.57 Å². The third-order valence-corrected chi connectivity index (χ3v) is 5.39. The molecule has 0 amide bonds. The molecule has 0 aromatic heterocycles. The average Bonchev–Trinajstić information content (AvgIpc) is 2.02. The fourth-order valence-electron chi connectivity index (χ4n) is 4.07. The maximum atomic E-state index is 11.0. The molecule has 2 heteroatoms. The summed E-state index contributed by atoms with van der Waals surface area (Å²) in [5, 5.41) is 0. The molecule has 0 spiro atoms.